The number of amides is 1. The average Bonchev–Trinajstić information content (AvgIpc) is 2.53. The molecule has 0 unspecified atom stereocenters. The molecule has 0 aromatic heterocycles. The van der Waals surface area contributed by atoms with Crippen LogP contribution in [0.25, 0.3) is 0 Å². The van der Waals surface area contributed by atoms with Crippen molar-refractivity contribution in [2.24, 2.45) is 0 Å². The van der Waals surface area contributed by atoms with Gasteiger partial charge in [-0.1, -0.05) is 6.07 Å². The molecule has 2 N–H and O–H groups in total. The second kappa shape index (κ2) is 8.73. The molecule has 0 atom stereocenters. The smallest absolute Gasteiger partial charge is 0.238 e. The summed E-state index contributed by atoms with van der Waals surface area (Å²) in [6.07, 6.45) is 0. The van der Waals surface area contributed by atoms with Gasteiger partial charge in [-0.05, 0) is 24.6 Å². The number of rotatable bonds is 7. The lowest BCUT2D eigenvalue weighted by Gasteiger charge is -2.26. The molecule has 1 fully saturated rings. The van der Waals surface area contributed by atoms with Gasteiger partial charge in [0.2, 0.25) is 5.91 Å². The van der Waals surface area contributed by atoms with Gasteiger partial charge in [0.05, 0.1) is 32.6 Å². The van der Waals surface area contributed by atoms with Gasteiger partial charge in [0.15, 0.2) is 0 Å². The predicted octanol–water partition coefficient (Wildman–Crippen LogP) is 0.864. The molecule has 0 bridgehead atoms. The Balaban J connectivity index is 1.70. The molecule has 22 heavy (non-hydrogen) atoms. The number of aryl methyl sites for hydroxylation is 1. The van der Waals surface area contributed by atoms with Crippen molar-refractivity contribution in [3.8, 4) is 5.75 Å². The molecule has 1 aromatic rings. The Morgan fingerprint density at radius 2 is 2.14 bits per heavy atom. The van der Waals surface area contributed by atoms with Crippen molar-refractivity contribution in [2.75, 3.05) is 58.4 Å². The molecule has 1 saturated heterocycles. The second-order valence-electron chi connectivity index (χ2n) is 5.38. The Morgan fingerprint density at radius 3 is 2.86 bits per heavy atom. The fraction of sp³-hybridized carbons (Fsp3) is 0.562. The second-order valence-corrected chi connectivity index (χ2v) is 5.38. The first-order valence-electron chi connectivity index (χ1n) is 7.64. The molecule has 1 aliphatic rings. The first kappa shape index (κ1) is 16.7. The summed E-state index contributed by atoms with van der Waals surface area (Å²) in [7, 11) is 1.60. The van der Waals surface area contributed by atoms with Crippen LogP contribution in [0.4, 0.5) is 5.69 Å². The van der Waals surface area contributed by atoms with Crippen LogP contribution >= 0.6 is 0 Å². The first-order chi connectivity index (χ1) is 10.7. The molecule has 122 valence electrons. The number of ether oxygens (including phenoxy) is 2. The van der Waals surface area contributed by atoms with Gasteiger partial charge >= 0.3 is 0 Å². The molecule has 0 spiro atoms. The Kier molecular flexibility index (Phi) is 6.64. The van der Waals surface area contributed by atoms with Gasteiger partial charge in [0.25, 0.3) is 0 Å². The van der Waals surface area contributed by atoms with E-state index >= 15 is 0 Å². The van der Waals surface area contributed by atoms with Crippen molar-refractivity contribution in [3.05, 3.63) is 23.8 Å². The Morgan fingerprint density at radius 1 is 1.36 bits per heavy atom. The number of methoxy groups -OCH3 is 1. The van der Waals surface area contributed by atoms with Crippen molar-refractivity contribution in [1.82, 2.24) is 10.2 Å². The van der Waals surface area contributed by atoms with Crippen molar-refractivity contribution >= 4 is 11.6 Å². The zero-order valence-electron chi connectivity index (χ0n) is 13.4. The number of nitrogens with zero attached hydrogens (tertiary/aromatic N) is 1. The van der Waals surface area contributed by atoms with E-state index in [1.165, 1.54) is 0 Å². The maximum Gasteiger partial charge on any atom is 0.238 e. The lowest BCUT2D eigenvalue weighted by molar-refractivity contribution is -0.115. The Labute approximate surface area is 131 Å². The highest BCUT2D eigenvalue weighted by Crippen LogP contribution is 2.24. The predicted molar refractivity (Wildman–Crippen MR) is 86.5 cm³/mol. The SMILES string of the molecule is COc1ccc(C)cc1NC(=O)CNCCN1CCOCC1. The molecular weight excluding hydrogens is 282 g/mol. The zero-order valence-corrected chi connectivity index (χ0v) is 13.4. The maximum atomic E-state index is 12.0. The van der Waals surface area contributed by atoms with Crippen molar-refractivity contribution in [3.63, 3.8) is 0 Å². The third-order valence-electron chi connectivity index (χ3n) is 3.62. The molecule has 2 rings (SSSR count). The van der Waals surface area contributed by atoms with Crippen LogP contribution in [0.5, 0.6) is 5.75 Å². The van der Waals surface area contributed by atoms with Gasteiger partial charge in [-0.2, -0.15) is 0 Å². The molecule has 1 heterocycles. The van der Waals surface area contributed by atoms with E-state index < -0.39 is 0 Å². The standard InChI is InChI=1S/C16H25N3O3/c1-13-3-4-15(21-2)14(11-13)18-16(20)12-17-5-6-19-7-9-22-10-8-19/h3-4,11,17H,5-10,12H2,1-2H3,(H,18,20). The number of hydrogen-bond acceptors (Lipinski definition) is 5. The van der Waals surface area contributed by atoms with Crippen LogP contribution < -0.4 is 15.4 Å². The first-order valence-corrected chi connectivity index (χ1v) is 7.64. The van der Waals surface area contributed by atoms with Crippen LogP contribution in [0.15, 0.2) is 18.2 Å². The van der Waals surface area contributed by atoms with Crippen molar-refractivity contribution < 1.29 is 14.3 Å². The van der Waals surface area contributed by atoms with Crippen LogP contribution in [0.1, 0.15) is 5.56 Å². The van der Waals surface area contributed by atoms with E-state index in [4.69, 9.17) is 9.47 Å². The van der Waals surface area contributed by atoms with Crippen LogP contribution in [-0.4, -0.2) is 63.9 Å². The highest BCUT2D eigenvalue weighted by molar-refractivity contribution is 5.93. The monoisotopic (exact) mass is 307 g/mol. The number of benzene rings is 1. The summed E-state index contributed by atoms with van der Waals surface area (Å²) < 4.78 is 10.6. The minimum Gasteiger partial charge on any atom is -0.495 e. The highest BCUT2D eigenvalue weighted by Gasteiger charge is 2.10. The minimum absolute atomic E-state index is 0.0640. The van der Waals surface area contributed by atoms with Gasteiger partial charge in [-0.15, -0.1) is 0 Å². The summed E-state index contributed by atoms with van der Waals surface area (Å²) >= 11 is 0. The third kappa shape index (κ3) is 5.29. The Hall–Kier alpha value is -1.63. The summed E-state index contributed by atoms with van der Waals surface area (Å²) in [4.78, 5) is 14.3. The summed E-state index contributed by atoms with van der Waals surface area (Å²) in [5, 5.41) is 6.05. The summed E-state index contributed by atoms with van der Waals surface area (Å²) in [6.45, 7) is 7.53. The van der Waals surface area contributed by atoms with Gasteiger partial charge in [-0.25, -0.2) is 0 Å². The van der Waals surface area contributed by atoms with Gasteiger partial charge in [0, 0.05) is 26.2 Å². The quantitative estimate of drug-likeness (QED) is 0.732. The van der Waals surface area contributed by atoms with E-state index in [0.717, 1.165) is 45.0 Å². The minimum atomic E-state index is -0.0640. The molecule has 6 heteroatoms. The van der Waals surface area contributed by atoms with Crippen molar-refractivity contribution in [1.29, 1.82) is 0 Å². The van der Waals surface area contributed by atoms with E-state index in [0.29, 0.717) is 18.0 Å². The van der Waals surface area contributed by atoms with Crippen molar-refractivity contribution in [2.45, 2.75) is 6.92 Å². The van der Waals surface area contributed by atoms with E-state index in [2.05, 4.69) is 15.5 Å². The summed E-state index contributed by atoms with van der Waals surface area (Å²) in [5.41, 5.74) is 1.79. The Bertz CT molecular complexity index is 488. The van der Waals surface area contributed by atoms with Gasteiger partial charge in [-0.3, -0.25) is 9.69 Å². The lowest BCUT2D eigenvalue weighted by Crippen LogP contribution is -2.41. The fourth-order valence-corrected chi connectivity index (χ4v) is 2.38. The summed E-state index contributed by atoms with van der Waals surface area (Å²) in [6, 6.07) is 5.72. The lowest BCUT2D eigenvalue weighted by atomic mass is 10.2. The van der Waals surface area contributed by atoms with Gasteiger partial charge < -0.3 is 20.1 Å². The molecule has 1 aliphatic heterocycles. The molecular formula is C16H25N3O3. The molecule has 0 aliphatic carbocycles. The van der Waals surface area contributed by atoms with Crippen LogP contribution in [-0.2, 0) is 9.53 Å². The number of carbonyl (C=O) groups is 1. The van der Waals surface area contributed by atoms with E-state index in [1.54, 1.807) is 7.11 Å². The molecule has 0 radical (unpaired) electrons. The average molecular weight is 307 g/mol. The normalized spacial score (nSPS) is 15.5. The van der Waals surface area contributed by atoms with Crippen LogP contribution in [0, 0.1) is 6.92 Å². The van der Waals surface area contributed by atoms with E-state index in [1.807, 2.05) is 25.1 Å². The number of nitrogens with one attached hydrogen (secondary N) is 2. The topological polar surface area (TPSA) is 62.8 Å². The number of hydrogen-bond donors (Lipinski definition) is 2. The largest absolute Gasteiger partial charge is 0.495 e. The molecule has 0 saturated carbocycles. The van der Waals surface area contributed by atoms with E-state index in [9.17, 15) is 4.79 Å². The maximum absolute atomic E-state index is 12.0. The van der Waals surface area contributed by atoms with Gasteiger partial charge in [0.1, 0.15) is 5.75 Å². The number of morpholine rings is 1. The van der Waals surface area contributed by atoms with Crippen LogP contribution in [0.3, 0.4) is 0 Å². The molecule has 1 amide bonds. The molecule has 6 nitrogen and oxygen atoms in total. The zero-order chi connectivity index (χ0) is 15.8. The van der Waals surface area contributed by atoms with E-state index in [-0.39, 0.29) is 5.91 Å². The highest BCUT2D eigenvalue weighted by atomic mass is 16.5. The number of anilines is 1. The summed E-state index contributed by atoms with van der Waals surface area (Å²) in [5.74, 6) is 0.609. The third-order valence-corrected chi connectivity index (χ3v) is 3.62. The fourth-order valence-electron chi connectivity index (χ4n) is 2.38. The number of carbonyl (C=O) groups excluding carboxylic acids is 1. The molecule has 1 aromatic carbocycles. The van der Waals surface area contributed by atoms with Crippen LogP contribution in [0.2, 0.25) is 0 Å².